The van der Waals surface area contributed by atoms with E-state index in [1.165, 1.54) is 51.4 Å². The predicted molar refractivity (Wildman–Crippen MR) is 133 cm³/mol. The fraction of sp³-hybridized carbons (Fsp3) is 0.867. The first-order valence-corrected chi connectivity index (χ1v) is 13.6. The van der Waals surface area contributed by atoms with Gasteiger partial charge >= 0.3 is 0 Å². The number of rotatable bonds is 6. The Kier molecular flexibility index (Phi) is 6.35. The van der Waals surface area contributed by atoms with Gasteiger partial charge in [-0.1, -0.05) is 78.2 Å². The molecule has 0 radical (unpaired) electrons. The zero-order valence-corrected chi connectivity index (χ0v) is 21.6. The lowest BCUT2D eigenvalue weighted by Gasteiger charge is -2.56. The van der Waals surface area contributed by atoms with Crippen LogP contribution in [0.1, 0.15) is 113 Å². The van der Waals surface area contributed by atoms with Crippen molar-refractivity contribution >= 4 is 0 Å². The van der Waals surface area contributed by atoms with Gasteiger partial charge in [-0.3, -0.25) is 0 Å². The van der Waals surface area contributed by atoms with Crippen molar-refractivity contribution in [3.8, 4) is 0 Å². The van der Waals surface area contributed by atoms with Gasteiger partial charge in [-0.25, -0.2) is 0 Å². The summed E-state index contributed by atoms with van der Waals surface area (Å²) in [6, 6.07) is 0. The van der Waals surface area contributed by atoms with Gasteiger partial charge in [0.2, 0.25) is 0 Å². The van der Waals surface area contributed by atoms with Gasteiger partial charge < -0.3 is 5.11 Å². The third-order valence-electron chi connectivity index (χ3n) is 11.0. The van der Waals surface area contributed by atoms with E-state index < -0.39 is 0 Å². The molecule has 0 unspecified atom stereocenters. The van der Waals surface area contributed by atoms with Crippen molar-refractivity contribution in [1.29, 1.82) is 0 Å². The summed E-state index contributed by atoms with van der Waals surface area (Å²) in [6.07, 6.45) is 17.8. The number of aliphatic hydroxyl groups is 1. The van der Waals surface area contributed by atoms with E-state index >= 15 is 0 Å². The number of hydrogen-bond donors (Lipinski definition) is 1. The topological polar surface area (TPSA) is 20.2 Å². The lowest BCUT2D eigenvalue weighted by atomic mass is 9.49. The monoisotopic (exact) mass is 426 g/mol. The molecule has 4 aliphatic rings. The van der Waals surface area contributed by atoms with Crippen LogP contribution < -0.4 is 0 Å². The van der Waals surface area contributed by atoms with Gasteiger partial charge in [0.15, 0.2) is 0 Å². The van der Waals surface area contributed by atoms with Crippen molar-refractivity contribution in [1.82, 2.24) is 0 Å². The molecular weight excluding hydrogens is 376 g/mol. The molecule has 31 heavy (non-hydrogen) atoms. The van der Waals surface area contributed by atoms with Gasteiger partial charge in [0.05, 0.1) is 6.10 Å². The fourth-order valence-electron chi connectivity index (χ4n) is 8.80. The van der Waals surface area contributed by atoms with Crippen LogP contribution in [0.4, 0.5) is 0 Å². The first-order valence-electron chi connectivity index (χ1n) is 13.6. The minimum atomic E-state index is -0.0524. The highest BCUT2D eigenvalue weighted by atomic mass is 16.3. The minimum Gasteiger partial charge on any atom is -0.393 e. The highest BCUT2D eigenvalue weighted by Gasteiger charge is 2.55. The van der Waals surface area contributed by atoms with Crippen LogP contribution >= 0.6 is 0 Å². The second-order valence-corrected chi connectivity index (χ2v) is 13.4. The van der Waals surface area contributed by atoms with Gasteiger partial charge in [-0.05, 0) is 97.7 Å². The Morgan fingerprint density at radius 2 is 1.84 bits per heavy atom. The van der Waals surface area contributed by atoms with Crippen molar-refractivity contribution in [2.45, 2.75) is 119 Å². The Bertz CT molecular complexity index is 727. The van der Waals surface area contributed by atoms with Gasteiger partial charge in [-0.2, -0.15) is 0 Å². The molecule has 0 aromatic heterocycles. The van der Waals surface area contributed by atoms with E-state index in [1.807, 2.05) is 11.1 Å². The molecular formula is C30H50O. The highest BCUT2D eigenvalue weighted by Crippen LogP contribution is 2.65. The summed E-state index contributed by atoms with van der Waals surface area (Å²) in [5.74, 6) is 3.74. The summed E-state index contributed by atoms with van der Waals surface area (Å²) in [4.78, 5) is 0. The molecule has 0 amide bonds. The quantitative estimate of drug-likeness (QED) is 0.423. The van der Waals surface area contributed by atoms with Crippen LogP contribution in [0, 0.1) is 45.8 Å². The molecule has 1 heteroatoms. The van der Waals surface area contributed by atoms with E-state index in [9.17, 15) is 5.11 Å². The summed E-state index contributed by atoms with van der Waals surface area (Å²) < 4.78 is 0. The Hall–Kier alpha value is -0.560. The summed E-state index contributed by atoms with van der Waals surface area (Å²) in [7, 11) is 0. The van der Waals surface area contributed by atoms with Crippen molar-refractivity contribution in [3.05, 3.63) is 23.3 Å². The van der Waals surface area contributed by atoms with E-state index in [0.29, 0.717) is 34.0 Å². The SMILES string of the molecule is CC[C@H](CCC(C)(C)[C@H]1C=C[C@H]2C3=C(CC[C@]12C)[C@@]1(C)CC[C@@H](O)C[C@@H]1CC3)C(C)C. The van der Waals surface area contributed by atoms with Crippen LogP contribution in [0.15, 0.2) is 23.3 Å². The largest absolute Gasteiger partial charge is 0.393 e. The Balaban J connectivity index is 1.56. The second-order valence-electron chi connectivity index (χ2n) is 13.4. The van der Waals surface area contributed by atoms with Crippen molar-refractivity contribution in [3.63, 3.8) is 0 Å². The minimum absolute atomic E-state index is 0.0524. The predicted octanol–water partition coefficient (Wildman–Crippen LogP) is 8.34. The molecule has 1 nitrogen and oxygen atoms in total. The lowest BCUT2D eigenvalue weighted by Crippen LogP contribution is -2.47. The molecule has 176 valence electrons. The molecule has 1 N–H and O–H groups in total. The Morgan fingerprint density at radius 3 is 2.52 bits per heavy atom. The van der Waals surface area contributed by atoms with Crippen LogP contribution in [0.3, 0.4) is 0 Å². The standard InChI is InChI=1S/C30H50O/c1-8-21(20(2)3)13-16-28(4,5)27-12-11-25-24-10-9-22-19-23(31)14-17-29(22,6)26(24)15-18-30(25,27)7/h11-12,20-23,25,27,31H,8-10,13-19H2,1-7H3/t21-,22+,23-,25+,27-,29+,30+/m1/s1. The Labute approximate surface area is 193 Å². The number of fused-ring (bicyclic) bond motifs is 4. The number of allylic oxidation sites excluding steroid dienone is 4. The van der Waals surface area contributed by atoms with Crippen molar-refractivity contribution in [2.24, 2.45) is 45.8 Å². The maximum atomic E-state index is 10.3. The Morgan fingerprint density at radius 1 is 1.10 bits per heavy atom. The van der Waals surface area contributed by atoms with Crippen molar-refractivity contribution < 1.29 is 5.11 Å². The van der Waals surface area contributed by atoms with E-state index in [1.54, 1.807) is 0 Å². The lowest BCUT2D eigenvalue weighted by molar-refractivity contribution is 0.00846. The van der Waals surface area contributed by atoms with Gasteiger partial charge in [0.25, 0.3) is 0 Å². The molecule has 4 aliphatic carbocycles. The van der Waals surface area contributed by atoms with Crippen molar-refractivity contribution in [2.75, 3.05) is 0 Å². The summed E-state index contributed by atoms with van der Waals surface area (Å²) in [5.41, 5.74) is 4.79. The average Bonchev–Trinajstić information content (AvgIpc) is 3.07. The van der Waals surface area contributed by atoms with Crippen LogP contribution in [-0.2, 0) is 0 Å². The summed E-state index contributed by atoms with van der Waals surface area (Å²) >= 11 is 0. The van der Waals surface area contributed by atoms with Crippen LogP contribution in [0.2, 0.25) is 0 Å². The van der Waals surface area contributed by atoms with Crippen LogP contribution in [-0.4, -0.2) is 11.2 Å². The van der Waals surface area contributed by atoms with Gasteiger partial charge in [0.1, 0.15) is 0 Å². The van der Waals surface area contributed by atoms with E-state index in [-0.39, 0.29) is 6.10 Å². The summed E-state index contributed by atoms with van der Waals surface area (Å²) in [5, 5.41) is 10.3. The normalized spacial score (nSPS) is 41.2. The molecule has 0 bridgehead atoms. The molecule has 0 spiro atoms. The molecule has 4 rings (SSSR count). The molecule has 0 aromatic carbocycles. The molecule has 0 saturated heterocycles. The molecule has 1 fully saturated rings. The fourth-order valence-corrected chi connectivity index (χ4v) is 8.80. The highest BCUT2D eigenvalue weighted by molar-refractivity contribution is 5.38. The van der Waals surface area contributed by atoms with E-state index in [0.717, 1.165) is 24.7 Å². The average molecular weight is 427 g/mol. The number of hydrogen-bond acceptors (Lipinski definition) is 1. The third-order valence-corrected chi connectivity index (χ3v) is 11.0. The van der Waals surface area contributed by atoms with Gasteiger partial charge in [0, 0.05) is 5.92 Å². The van der Waals surface area contributed by atoms with Crippen LogP contribution in [0.5, 0.6) is 0 Å². The molecule has 0 aliphatic heterocycles. The molecule has 0 aromatic rings. The molecule has 7 atom stereocenters. The first-order chi connectivity index (χ1) is 14.5. The molecule has 1 saturated carbocycles. The number of aliphatic hydroxyl groups excluding tert-OH is 1. The molecule has 0 heterocycles. The zero-order chi connectivity index (χ0) is 22.6. The maximum Gasteiger partial charge on any atom is 0.0543 e. The van der Waals surface area contributed by atoms with Crippen LogP contribution in [0.25, 0.3) is 0 Å². The maximum absolute atomic E-state index is 10.3. The van der Waals surface area contributed by atoms with Gasteiger partial charge in [-0.15, -0.1) is 0 Å². The zero-order valence-electron chi connectivity index (χ0n) is 21.6. The smallest absolute Gasteiger partial charge is 0.0543 e. The van der Waals surface area contributed by atoms with E-state index in [2.05, 4.69) is 60.6 Å². The second kappa shape index (κ2) is 8.34. The third kappa shape index (κ3) is 3.89. The van der Waals surface area contributed by atoms with E-state index in [4.69, 9.17) is 0 Å². The first kappa shape index (κ1) is 23.6. The summed E-state index contributed by atoms with van der Waals surface area (Å²) in [6.45, 7) is 17.5.